The Kier molecular flexibility index (Phi) is 1.38. The molecule has 0 aliphatic carbocycles. The van der Waals surface area contributed by atoms with E-state index in [0.717, 1.165) is 0 Å². The molecule has 0 fully saturated rings. The van der Waals surface area contributed by atoms with Crippen molar-refractivity contribution in [3.63, 3.8) is 0 Å². The van der Waals surface area contributed by atoms with E-state index in [0.29, 0.717) is 6.34 Å². The minimum absolute atomic E-state index is 0.340. The Morgan fingerprint density at radius 1 is 1.60 bits per heavy atom. The third-order valence-corrected chi connectivity index (χ3v) is 0.966. The lowest BCUT2D eigenvalue weighted by molar-refractivity contribution is -0.213. The number of hydrogen-bond donors (Lipinski definition) is 0. The summed E-state index contributed by atoms with van der Waals surface area (Å²) in [6.07, 6.45) is -4.13. The van der Waals surface area contributed by atoms with Crippen molar-refractivity contribution < 1.29 is 18.0 Å². The maximum atomic E-state index is 11.6. The number of rotatable bonds is 0. The molecule has 1 aliphatic heterocycles. The molecule has 1 heterocycles. The minimum Gasteiger partial charge on any atom is -0.272 e. The maximum Gasteiger partial charge on any atom is 0.492 e. The monoisotopic (exact) mass is 152 g/mol. The van der Waals surface area contributed by atoms with Gasteiger partial charge in [0.05, 0.1) is 0 Å². The summed E-state index contributed by atoms with van der Waals surface area (Å²) in [5.74, 6) is -1.03. The molecule has 0 aromatic rings. The van der Waals surface area contributed by atoms with Gasteiger partial charge in [0.2, 0.25) is 0 Å². The van der Waals surface area contributed by atoms with Crippen molar-refractivity contribution in [1.29, 1.82) is 0 Å². The van der Waals surface area contributed by atoms with Gasteiger partial charge < -0.3 is 0 Å². The van der Waals surface area contributed by atoms with Crippen LogP contribution in [0.2, 0.25) is 0 Å². The number of carbonyl (C=O) groups is 1. The van der Waals surface area contributed by atoms with E-state index in [-0.39, 0.29) is 4.90 Å². The molecule has 0 N–H and O–H groups in total. The molecule has 56 valence electrons. The number of halogens is 3. The highest BCUT2D eigenvalue weighted by Crippen LogP contribution is 2.21. The Hall–Kier alpha value is -1.07. The Bertz CT molecular complexity index is 185. The van der Waals surface area contributed by atoms with Crippen LogP contribution in [0.3, 0.4) is 0 Å². The normalized spacial score (nSPS) is 18.7. The topological polar surface area (TPSA) is 32.7 Å². The largest absolute Gasteiger partial charge is 0.492 e. The molecule has 0 unspecified atom stereocenters. The third-order valence-electron chi connectivity index (χ3n) is 0.966. The number of alkyl halides is 3. The SMILES string of the molecule is O=C1CN=CN1C(F)(F)F. The highest BCUT2D eigenvalue weighted by Gasteiger charge is 2.41. The quantitative estimate of drug-likeness (QED) is 0.462. The molecular weight excluding hydrogens is 149 g/mol. The van der Waals surface area contributed by atoms with Gasteiger partial charge in [-0.15, -0.1) is 13.2 Å². The van der Waals surface area contributed by atoms with Gasteiger partial charge in [0.25, 0.3) is 5.91 Å². The predicted molar refractivity (Wildman–Crippen MR) is 26.3 cm³/mol. The van der Waals surface area contributed by atoms with Crippen molar-refractivity contribution in [2.45, 2.75) is 6.30 Å². The molecule has 1 rings (SSSR count). The molecule has 0 aromatic carbocycles. The van der Waals surface area contributed by atoms with Gasteiger partial charge in [0.1, 0.15) is 12.9 Å². The molecule has 0 aromatic heterocycles. The summed E-state index contributed by atoms with van der Waals surface area (Å²) in [6, 6.07) is 0. The number of hydrogen-bond acceptors (Lipinski definition) is 2. The molecule has 1 aliphatic rings. The summed E-state index contributed by atoms with van der Waals surface area (Å²) in [5, 5.41) is 0. The fraction of sp³-hybridized carbons (Fsp3) is 0.500. The Labute approximate surface area is 54.1 Å². The highest BCUT2D eigenvalue weighted by molar-refractivity contribution is 5.94. The van der Waals surface area contributed by atoms with E-state index in [1.54, 1.807) is 0 Å². The summed E-state index contributed by atoms with van der Waals surface area (Å²) < 4.78 is 34.9. The summed E-state index contributed by atoms with van der Waals surface area (Å²) in [5.41, 5.74) is 0. The fourth-order valence-corrected chi connectivity index (χ4v) is 0.548. The summed E-state index contributed by atoms with van der Waals surface area (Å²) in [6.45, 7) is -0.403. The second kappa shape index (κ2) is 1.96. The molecule has 0 radical (unpaired) electrons. The molecule has 6 heteroatoms. The molecule has 10 heavy (non-hydrogen) atoms. The summed E-state index contributed by atoms with van der Waals surface area (Å²) >= 11 is 0. The van der Waals surface area contributed by atoms with Crippen molar-refractivity contribution in [1.82, 2.24) is 4.90 Å². The molecule has 0 bridgehead atoms. The lowest BCUT2D eigenvalue weighted by Crippen LogP contribution is -2.39. The third kappa shape index (κ3) is 1.09. The Morgan fingerprint density at radius 3 is 2.40 bits per heavy atom. The van der Waals surface area contributed by atoms with Gasteiger partial charge in [-0.25, -0.2) is 4.90 Å². The van der Waals surface area contributed by atoms with Gasteiger partial charge in [0, 0.05) is 0 Å². The molecule has 0 saturated heterocycles. The zero-order valence-electron chi connectivity index (χ0n) is 4.72. The van der Waals surface area contributed by atoms with Crippen molar-refractivity contribution in [3.8, 4) is 0 Å². The number of amides is 1. The van der Waals surface area contributed by atoms with Crippen molar-refractivity contribution in [2.24, 2.45) is 4.99 Å². The van der Waals surface area contributed by atoms with Crippen molar-refractivity contribution >= 4 is 12.2 Å². The van der Waals surface area contributed by atoms with Gasteiger partial charge in [-0.3, -0.25) is 9.79 Å². The maximum absolute atomic E-state index is 11.6. The van der Waals surface area contributed by atoms with Crippen LogP contribution in [-0.4, -0.2) is 30.0 Å². The lowest BCUT2D eigenvalue weighted by Gasteiger charge is -2.14. The van der Waals surface area contributed by atoms with Gasteiger partial charge in [0.15, 0.2) is 0 Å². The van der Waals surface area contributed by atoms with Gasteiger partial charge in [-0.1, -0.05) is 0 Å². The lowest BCUT2D eigenvalue weighted by atomic mass is 10.6. The standard InChI is InChI=1S/C4H3F3N2O/c5-4(6,7)9-2-8-1-3(9)10/h2H,1H2. The first kappa shape index (κ1) is 7.04. The second-order valence-corrected chi connectivity index (χ2v) is 1.69. The van der Waals surface area contributed by atoms with Crippen molar-refractivity contribution in [2.75, 3.05) is 6.54 Å². The first-order valence-electron chi connectivity index (χ1n) is 2.40. The summed E-state index contributed by atoms with van der Waals surface area (Å²) in [4.78, 5) is 13.1. The molecule has 3 nitrogen and oxygen atoms in total. The minimum atomic E-state index is -4.61. The van der Waals surface area contributed by atoms with Crippen LogP contribution in [0, 0.1) is 0 Å². The number of nitrogens with zero attached hydrogens (tertiary/aromatic N) is 2. The van der Waals surface area contributed by atoms with E-state index in [2.05, 4.69) is 4.99 Å². The smallest absolute Gasteiger partial charge is 0.272 e. The average Bonchev–Trinajstić information content (AvgIpc) is 2.11. The molecule has 1 amide bonds. The number of aliphatic imine (C=N–C) groups is 1. The average molecular weight is 152 g/mol. The van der Waals surface area contributed by atoms with Gasteiger partial charge in [-0.2, -0.15) is 0 Å². The highest BCUT2D eigenvalue weighted by atomic mass is 19.4. The molecule has 0 saturated carbocycles. The van der Waals surface area contributed by atoms with Crippen LogP contribution >= 0.6 is 0 Å². The Morgan fingerprint density at radius 2 is 2.20 bits per heavy atom. The van der Waals surface area contributed by atoms with Crippen LogP contribution in [0.25, 0.3) is 0 Å². The Balaban J connectivity index is 2.73. The van der Waals surface area contributed by atoms with E-state index < -0.39 is 18.8 Å². The van der Waals surface area contributed by atoms with E-state index >= 15 is 0 Å². The van der Waals surface area contributed by atoms with Crippen LogP contribution in [0.4, 0.5) is 13.2 Å². The molecular formula is C4H3F3N2O. The van der Waals surface area contributed by atoms with Crippen molar-refractivity contribution in [3.05, 3.63) is 0 Å². The first-order chi connectivity index (χ1) is 4.52. The molecule has 0 spiro atoms. The van der Waals surface area contributed by atoms with Gasteiger partial charge >= 0.3 is 6.30 Å². The van der Waals surface area contributed by atoms with Crippen LogP contribution < -0.4 is 0 Å². The zero-order valence-corrected chi connectivity index (χ0v) is 4.72. The number of carbonyl (C=O) groups excluding carboxylic acids is 1. The first-order valence-corrected chi connectivity index (χ1v) is 2.40. The predicted octanol–water partition coefficient (Wildman–Crippen LogP) is 0.377. The molecule has 0 atom stereocenters. The zero-order chi connectivity index (χ0) is 7.78. The second-order valence-electron chi connectivity index (χ2n) is 1.69. The van der Waals surface area contributed by atoms with Crippen LogP contribution in [0.1, 0.15) is 0 Å². The van der Waals surface area contributed by atoms with Crippen LogP contribution in [-0.2, 0) is 4.79 Å². The van der Waals surface area contributed by atoms with E-state index in [9.17, 15) is 18.0 Å². The van der Waals surface area contributed by atoms with Crippen LogP contribution in [0.15, 0.2) is 4.99 Å². The van der Waals surface area contributed by atoms with Crippen LogP contribution in [0.5, 0.6) is 0 Å². The fourth-order valence-electron chi connectivity index (χ4n) is 0.548. The van der Waals surface area contributed by atoms with E-state index in [4.69, 9.17) is 0 Å². The summed E-state index contributed by atoms with van der Waals surface area (Å²) in [7, 11) is 0. The van der Waals surface area contributed by atoms with E-state index in [1.807, 2.05) is 0 Å². The van der Waals surface area contributed by atoms with Gasteiger partial charge in [-0.05, 0) is 0 Å². The van der Waals surface area contributed by atoms with E-state index in [1.165, 1.54) is 0 Å².